The van der Waals surface area contributed by atoms with Gasteiger partial charge < -0.3 is 4.90 Å². The normalized spacial score (nSPS) is 10.9. The van der Waals surface area contributed by atoms with Crippen LogP contribution < -0.4 is 0 Å². The number of rotatable bonds is 6. The van der Waals surface area contributed by atoms with Gasteiger partial charge in [-0.1, -0.05) is 31.5 Å². The molecule has 1 amide bonds. The highest BCUT2D eigenvalue weighted by atomic mass is 35.5. The second-order valence-corrected chi connectivity index (χ2v) is 6.68. The van der Waals surface area contributed by atoms with Gasteiger partial charge in [-0.2, -0.15) is 0 Å². The van der Waals surface area contributed by atoms with Gasteiger partial charge in [-0.25, -0.2) is 4.98 Å². The number of aromatic amines is 1. The Labute approximate surface area is 132 Å². The van der Waals surface area contributed by atoms with Gasteiger partial charge in [0.05, 0.1) is 10.9 Å². The van der Waals surface area contributed by atoms with Gasteiger partial charge in [0, 0.05) is 17.3 Å². The standard InChI is InChI=1S/C14H17ClN4OS/c1-4-7-19(8-10-5-6-11(15)21-10)14(20)13-16-12(9(2)3)17-18-13/h4-6,9H,1,7-8H2,2-3H3,(H,16,17,18). The van der Waals surface area contributed by atoms with Crippen LogP contribution in [0.4, 0.5) is 0 Å². The fourth-order valence-corrected chi connectivity index (χ4v) is 2.87. The van der Waals surface area contributed by atoms with Gasteiger partial charge in [0.1, 0.15) is 5.82 Å². The molecule has 2 aromatic heterocycles. The summed E-state index contributed by atoms with van der Waals surface area (Å²) in [4.78, 5) is 19.4. The van der Waals surface area contributed by atoms with Crippen LogP contribution >= 0.6 is 22.9 Å². The molecule has 0 atom stereocenters. The molecule has 2 rings (SSSR count). The zero-order chi connectivity index (χ0) is 15.4. The molecular formula is C14H17ClN4OS. The number of H-pyrrole nitrogens is 1. The van der Waals surface area contributed by atoms with Crippen LogP contribution in [0.5, 0.6) is 0 Å². The van der Waals surface area contributed by atoms with E-state index in [1.54, 1.807) is 11.0 Å². The van der Waals surface area contributed by atoms with Crippen molar-refractivity contribution in [2.75, 3.05) is 6.54 Å². The van der Waals surface area contributed by atoms with E-state index in [0.717, 1.165) is 4.88 Å². The first-order chi connectivity index (χ1) is 10.0. The molecule has 5 nitrogen and oxygen atoms in total. The van der Waals surface area contributed by atoms with Gasteiger partial charge in [0.2, 0.25) is 5.82 Å². The second kappa shape index (κ2) is 6.87. The number of amides is 1. The minimum atomic E-state index is -0.220. The van der Waals surface area contributed by atoms with Crippen LogP contribution in [0, 0.1) is 0 Å². The Morgan fingerprint density at radius 1 is 1.57 bits per heavy atom. The van der Waals surface area contributed by atoms with E-state index < -0.39 is 0 Å². The fourth-order valence-electron chi connectivity index (χ4n) is 1.77. The van der Waals surface area contributed by atoms with Crippen LogP contribution in [-0.2, 0) is 6.54 Å². The minimum Gasteiger partial charge on any atom is -0.327 e. The number of nitrogens with one attached hydrogen (secondary N) is 1. The lowest BCUT2D eigenvalue weighted by Crippen LogP contribution is -2.31. The highest BCUT2D eigenvalue weighted by molar-refractivity contribution is 7.16. The molecule has 0 unspecified atom stereocenters. The molecule has 7 heteroatoms. The van der Waals surface area contributed by atoms with Crippen molar-refractivity contribution in [3.8, 4) is 0 Å². The van der Waals surface area contributed by atoms with Crippen molar-refractivity contribution in [3.05, 3.63) is 45.6 Å². The Hall–Kier alpha value is -1.66. The summed E-state index contributed by atoms with van der Waals surface area (Å²) >= 11 is 7.37. The first kappa shape index (κ1) is 15.7. The van der Waals surface area contributed by atoms with E-state index in [1.807, 2.05) is 26.0 Å². The smallest absolute Gasteiger partial charge is 0.294 e. The highest BCUT2D eigenvalue weighted by Gasteiger charge is 2.21. The Morgan fingerprint density at radius 3 is 2.86 bits per heavy atom. The van der Waals surface area contributed by atoms with Gasteiger partial charge in [-0.3, -0.25) is 9.89 Å². The monoisotopic (exact) mass is 324 g/mol. The van der Waals surface area contributed by atoms with Crippen LogP contribution in [0.1, 0.15) is 41.1 Å². The van der Waals surface area contributed by atoms with E-state index in [2.05, 4.69) is 21.8 Å². The molecule has 0 aliphatic rings. The van der Waals surface area contributed by atoms with Gasteiger partial charge >= 0.3 is 0 Å². The Bertz CT molecular complexity index is 634. The fraction of sp³-hybridized carbons (Fsp3) is 0.357. The van der Waals surface area contributed by atoms with E-state index in [0.29, 0.717) is 23.3 Å². The zero-order valence-corrected chi connectivity index (χ0v) is 13.5. The van der Waals surface area contributed by atoms with Crippen molar-refractivity contribution >= 4 is 28.8 Å². The van der Waals surface area contributed by atoms with Gasteiger partial charge in [-0.15, -0.1) is 23.0 Å². The maximum atomic E-state index is 12.5. The molecule has 0 saturated heterocycles. The third kappa shape index (κ3) is 3.92. The number of aromatic nitrogens is 3. The Morgan fingerprint density at radius 2 is 2.33 bits per heavy atom. The number of nitrogens with zero attached hydrogens (tertiary/aromatic N) is 3. The van der Waals surface area contributed by atoms with Crippen molar-refractivity contribution in [2.45, 2.75) is 26.3 Å². The summed E-state index contributed by atoms with van der Waals surface area (Å²) in [6.45, 7) is 8.57. The van der Waals surface area contributed by atoms with E-state index >= 15 is 0 Å². The molecule has 0 aliphatic heterocycles. The number of hydrogen-bond donors (Lipinski definition) is 1. The SMILES string of the molecule is C=CCN(Cc1ccc(Cl)s1)C(=O)c1n[nH]c(C(C)C)n1. The predicted molar refractivity (Wildman–Crippen MR) is 84.7 cm³/mol. The van der Waals surface area contributed by atoms with Crippen LogP contribution in [-0.4, -0.2) is 32.5 Å². The van der Waals surface area contributed by atoms with Gasteiger partial charge in [0.15, 0.2) is 0 Å². The summed E-state index contributed by atoms with van der Waals surface area (Å²) in [5.41, 5.74) is 0. The zero-order valence-electron chi connectivity index (χ0n) is 12.0. The topological polar surface area (TPSA) is 61.9 Å². The first-order valence-electron chi connectivity index (χ1n) is 6.58. The summed E-state index contributed by atoms with van der Waals surface area (Å²) in [7, 11) is 0. The van der Waals surface area contributed by atoms with Gasteiger partial charge in [-0.05, 0) is 12.1 Å². The summed E-state index contributed by atoms with van der Waals surface area (Å²) in [6.07, 6.45) is 1.68. The highest BCUT2D eigenvalue weighted by Crippen LogP contribution is 2.23. The quantitative estimate of drug-likeness (QED) is 0.827. The molecular weight excluding hydrogens is 308 g/mol. The largest absolute Gasteiger partial charge is 0.327 e. The third-order valence-electron chi connectivity index (χ3n) is 2.85. The number of hydrogen-bond acceptors (Lipinski definition) is 4. The second-order valence-electron chi connectivity index (χ2n) is 4.88. The van der Waals surface area contributed by atoms with Crippen LogP contribution in [0.25, 0.3) is 0 Å². The van der Waals surface area contributed by atoms with E-state index in [-0.39, 0.29) is 17.6 Å². The molecule has 0 radical (unpaired) electrons. The summed E-state index contributed by atoms with van der Waals surface area (Å²) in [5.74, 6) is 0.866. The van der Waals surface area contributed by atoms with Crippen molar-refractivity contribution in [1.82, 2.24) is 20.1 Å². The summed E-state index contributed by atoms with van der Waals surface area (Å²) < 4.78 is 0.705. The van der Waals surface area contributed by atoms with Crippen LogP contribution in [0.15, 0.2) is 24.8 Å². The molecule has 2 heterocycles. The maximum absolute atomic E-state index is 12.5. The minimum absolute atomic E-state index is 0.184. The third-order valence-corrected chi connectivity index (χ3v) is 4.07. The van der Waals surface area contributed by atoms with E-state index in [4.69, 9.17) is 11.6 Å². The van der Waals surface area contributed by atoms with Crippen molar-refractivity contribution in [2.24, 2.45) is 0 Å². The molecule has 2 aromatic rings. The van der Waals surface area contributed by atoms with E-state index in [1.165, 1.54) is 11.3 Å². The summed E-state index contributed by atoms with van der Waals surface area (Å²) in [5, 5.41) is 6.80. The lowest BCUT2D eigenvalue weighted by Gasteiger charge is -2.18. The Kier molecular flexibility index (Phi) is 5.14. The van der Waals surface area contributed by atoms with Crippen molar-refractivity contribution < 1.29 is 4.79 Å². The number of thiophene rings is 1. The number of halogens is 1. The molecule has 0 bridgehead atoms. The maximum Gasteiger partial charge on any atom is 0.294 e. The molecule has 0 aliphatic carbocycles. The van der Waals surface area contributed by atoms with Crippen LogP contribution in [0.2, 0.25) is 4.34 Å². The lowest BCUT2D eigenvalue weighted by atomic mass is 10.2. The average molecular weight is 325 g/mol. The molecule has 0 aromatic carbocycles. The molecule has 1 N–H and O–H groups in total. The number of carbonyl (C=O) groups is 1. The van der Waals surface area contributed by atoms with Gasteiger partial charge in [0.25, 0.3) is 5.91 Å². The average Bonchev–Trinajstić information content (AvgIpc) is 3.06. The predicted octanol–water partition coefficient (Wildman–Crippen LogP) is 3.47. The molecule has 0 saturated carbocycles. The van der Waals surface area contributed by atoms with Crippen molar-refractivity contribution in [3.63, 3.8) is 0 Å². The molecule has 0 fully saturated rings. The van der Waals surface area contributed by atoms with Crippen LogP contribution in [0.3, 0.4) is 0 Å². The summed E-state index contributed by atoms with van der Waals surface area (Å²) in [6, 6.07) is 3.73. The molecule has 112 valence electrons. The lowest BCUT2D eigenvalue weighted by molar-refractivity contribution is 0.0752. The molecule has 21 heavy (non-hydrogen) atoms. The first-order valence-corrected chi connectivity index (χ1v) is 7.77. The van der Waals surface area contributed by atoms with E-state index in [9.17, 15) is 4.79 Å². The van der Waals surface area contributed by atoms with Crippen molar-refractivity contribution in [1.29, 1.82) is 0 Å². The number of carbonyl (C=O) groups excluding carboxylic acids is 1. The molecule has 0 spiro atoms. The Balaban J connectivity index is 2.16.